The van der Waals surface area contributed by atoms with Crippen LogP contribution >= 0.6 is 0 Å². The second kappa shape index (κ2) is 8.26. The number of hydrogen-bond donors (Lipinski definition) is 1. The zero-order valence-corrected chi connectivity index (χ0v) is 16.0. The van der Waals surface area contributed by atoms with Crippen LogP contribution in [0.25, 0.3) is 22.8 Å². The predicted octanol–water partition coefficient (Wildman–Crippen LogP) is 2.62. The highest BCUT2D eigenvalue weighted by molar-refractivity contribution is 5.69. The molecular weight excluding hydrogens is 358 g/mol. The lowest BCUT2D eigenvalue weighted by Gasteiger charge is -2.20. The van der Waals surface area contributed by atoms with Gasteiger partial charge in [0.1, 0.15) is 5.82 Å². The molecule has 0 aliphatic carbocycles. The van der Waals surface area contributed by atoms with Crippen molar-refractivity contribution in [1.82, 2.24) is 20.4 Å². The first-order valence-corrected chi connectivity index (χ1v) is 9.27. The Kier molecular flexibility index (Phi) is 5.38. The van der Waals surface area contributed by atoms with Gasteiger partial charge in [-0.25, -0.2) is 4.98 Å². The molecule has 0 atom stereocenters. The smallest absolute Gasteiger partial charge is 0.259 e. The van der Waals surface area contributed by atoms with Gasteiger partial charge in [-0.3, -0.25) is 0 Å². The summed E-state index contributed by atoms with van der Waals surface area (Å²) in [5, 5.41) is 7.50. The first-order chi connectivity index (χ1) is 13.8. The molecule has 1 fully saturated rings. The summed E-state index contributed by atoms with van der Waals surface area (Å²) in [6.45, 7) is 3.97. The summed E-state index contributed by atoms with van der Waals surface area (Å²) in [4.78, 5) is 11.4. The number of para-hydroxylation sites is 1. The Hall–Kier alpha value is -3.13. The number of hydrogen-bond acceptors (Lipinski definition) is 8. The van der Waals surface area contributed by atoms with Crippen molar-refractivity contribution in [2.75, 3.05) is 45.3 Å². The molecule has 4 rings (SSSR count). The fraction of sp³-hybridized carbons (Fsp3) is 0.350. The Bertz CT molecular complexity index is 918. The molecule has 0 amide bonds. The largest absolute Gasteiger partial charge is 0.493 e. The molecule has 0 radical (unpaired) electrons. The molecule has 8 heteroatoms. The van der Waals surface area contributed by atoms with E-state index in [-0.39, 0.29) is 0 Å². The molecule has 3 heterocycles. The van der Waals surface area contributed by atoms with Crippen LogP contribution < -0.4 is 19.7 Å². The van der Waals surface area contributed by atoms with Crippen LogP contribution in [0, 0.1) is 0 Å². The summed E-state index contributed by atoms with van der Waals surface area (Å²) in [5.41, 5.74) is 1.48. The lowest BCUT2D eigenvalue weighted by atomic mass is 10.1. The lowest BCUT2D eigenvalue weighted by molar-refractivity contribution is 0.355. The molecule has 28 heavy (non-hydrogen) atoms. The third-order valence-corrected chi connectivity index (χ3v) is 4.73. The monoisotopic (exact) mass is 381 g/mol. The topological polar surface area (TPSA) is 85.5 Å². The summed E-state index contributed by atoms with van der Waals surface area (Å²) in [6.07, 6.45) is 2.88. The van der Waals surface area contributed by atoms with Crippen molar-refractivity contribution in [2.24, 2.45) is 0 Å². The Balaban J connectivity index is 1.58. The van der Waals surface area contributed by atoms with Gasteiger partial charge in [0.05, 0.1) is 25.3 Å². The van der Waals surface area contributed by atoms with Gasteiger partial charge < -0.3 is 24.2 Å². The number of pyridine rings is 1. The fourth-order valence-electron chi connectivity index (χ4n) is 3.29. The summed E-state index contributed by atoms with van der Waals surface area (Å²) < 4.78 is 16.3. The van der Waals surface area contributed by atoms with Gasteiger partial charge in [-0.1, -0.05) is 11.2 Å². The highest BCUT2D eigenvalue weighted by Crippen LogP contribution is 2.37. The fourth-order valence-corrected chi connectivity index (χ4v) is 3.29. The van der Waals surface area contributed by atoms with Crippen LogP contribution in [0.2, 0.25) is 0 Å². The van der Waals surface area contributed by atoms with Crippen LogP contribution in [0.3, 0.4) is 0 Å². The molecule has 146 valence electrons. The number of methoxy groups -OCH3 is 2. The highest BCUT2D eigenvalue weighted by Gasteiger charge is 2.18. The quantitative estimate of drug-likeness (QED) is 0.722. The molecule has 1 N–H and O–H groups in total. The maximum absolute atomic E-state index is 5.46. The van der Waals surface area contributed by atoms with Gasteiger partial charge in [-0.05, 0) is 37.2 Å². The van der Waals surface area contributed by atoms with E-state index in [4.69, 9.17) is 14.0 Å². The Morgan fingerprint density at radius 1 is 1.07 bits per heavy atom. The van der Waals surface area contributed by atoms with E-state index in [1.54, 1.807) is 20.4 Å². The number of anilines is 1. The summed E-state index contributed by atoms with van der Waals surface area (Å²) >= 11 is 0. The van der Waals surface area contributed by atoms with Crippen molar-refractivity contribution in [1.29, 1.82) is 0 Å². The Labute approximate surface area is 163 Å². The average Bonchev–Trinajstić information content (AvgIpc) is 3.08. The van der Waals surface area contributed by atoms with Crippen LogP contribution in [0.15, 0.2) is 41.1 Å². The standard InChI is InChI=1S/C20H23N5O3/c1-26-16-6-3-5-15(18(16)27-2)19-23-20(28-24-19)14-7-8-17(22-13-14)25-11-4-9-21-10-12-25/h3,5-8,13,21H,4,9-12H2,1-2H3. The Morgan fingerprint density at radius 2 is 2.00 bits per heavy atom. The second-order valence-electron chi connectivity index (χ2n) is 6.46. The minimum atomic E-state index is 0.413. The van der Waals surface area contributed by atoms with Gasteiger partial charge in [-0.15, -0.1) is 0 Å². The van der Waals surface area contributed by atoms with Gasteiger partial charge in [0, 0.05) is 25.8 Å². The summed E-state index contributed by atoms with van der Waals surface area (Å²) in [6, 6.07) is 9.51. The second-order valence-corrected chi connectivity index (χ2v) is 6.46. The van der Waals surface area contributed by atoms with Crippen molar-refractivity contribution in [3.05, 3.63) is 36.5 Å². The normalized spacial score (nSPS) is 14.6. The van der Waals surface area contributed by atoms with Gasteiger partial charge in [0.25, 0.3) is 5.89 Å². The van der Waals surface area contributed by atoms with Gasteiger partial charge in [-0.2, -0.15) is 4.98 Å². The molecule has 0 bridgehead atoms. The highest BCUT2D eigenvalue weighted by atomic mass is 16.5. The summed E-state index contributed by atoms with van der Waals surface area (Å²) in [7, 11) is 3.18. The van der Waals surface area contributed by atoms with E-state index < -0.39 is 0 Å². The van der Waals surface area contributed by atoms with E-state index in [1.165, 1.54) is 0 Å². The van der Waals surface area contributed by atoms with E-state index in [0.29, 0.717) is 28.8 Å². The zero-order chi connectivity index (χ0) is 19.3. The molecule has 0 saturated carbocycles. The van der Waals surface area contributed by atoms with E-state index in [9.17, 15) is 0 Å². The predicted molar refractivity (Wildman–Crippen MR) is 106 cm³/mol. The van der Waals surface area contributed by atoms with E-state index in [1.807, 2.05) is 30.3 Å². The molecule has 2 aromatic heterocycles. The van der Waals surface area contributed by atoms with Crippen molar-refractivity contribution >= 4 is 5.82 Å². The molecule has 3 aromatic rings. The lowest BCUT2D eigenvalue weighted by Crippen LogP contribution is -2.28. The first kappa shape index (κ1) is 18.2. The first-order valence-electron chi connectivity index (χ1n) is 9.27. The van der Waals surface area contributed by atoms with Gasteiger partial charge in [0.2, 0.25) is 5.82 Å². The maximum Gasteiger partial charge on any atom is 0.259 e. The third-order valence-electron chi connectivity index (χ3n) is 4.73. The molecule has 1 aromatic carbocycles. The van der Waals surface area contributed by atoms with Crippen molar-refractivity contribution in [2.45, 2.75) is 6.42 Å². The third kappa shape index (κ3) is 3.63. The van der Waals surface area contributed by atoms with E-state index in [2.05, 4.69) is 25.3 Å². The molecule has 1 aliphatic rings. The average molecular weight is 381 g/mol. The minimum Gasteiger partial charge on any atom is -0.493 e. The van der Waals surface area contributed by atoms with Gasteiger partial charge in [0.15, 0.2) is 11.5 Å². The number of aromatic nitrogens is 3. The SMILES string of the molecule is COc1cccc(-c2noc(-c3ccc(N4CCCNCC4)nc3)n2)c1OC. The molecule has 0 spiro atoms. The van der Waals surface area contributed by atoms with E-state index >= 15 is 0 Å². The minimum absolute atomic E-state index is 0.413. The number of nitrogens with zero attached hydrogens (tertiary/aromatic N) is 4. The number of rotatable bonds is 5. The van der Waals surface area contributed by atoms with Crippen LogP contribution in [-0.4, -0.2) is 55.5 Å². The van der Waals surface area contributed by atoms with Crippen LogP contribution in [-0.2, 0) is 0 Å². The number of benzene rings is 1. The zero-order valence-electron chi connectivity index (χ0n) is 16.0. The molecule has 1 saturated heterocycles. The van der Waals surface area contributed by atoms with Gasteiger partial charge >= 0.3 is 0 Å². The van der Waals surface area contributed by atoms with E-state index in [0.717, 1.165) is 44.0 Å². The van der Waals surface area contributed by atoms with Crippen molar-refractivity contribution < 1.29 is 14.0 Å². The van der Waals surface area contributed by atoms with Crippen molar-refractivity contribution in [3.8, 4) is 34.3 Å². The van der Waals surface area contributed by atoms with Crippen LogP contribution in [0.4, 0.5) is 5.82 Å². The molecule has 1 aliphatic heterocycles. The summed E-state index contributed by atoms with van der Waals surface area (Å²) in [5.74, 6) is 3.00. The Morgan fingerprint density at radius 3 is 2.79 bits per heavy atom. The maximum atomic E-state index is 5.46. The molecule has 0 unspecified atom stereocenters. The number of ether oxygens (including phenoxy) is 2. The van der Waals surface area contributed by atoms with Crippen molar-refractivity contribution in [3.63, 3.8) is 0 Å². The molecule has 8 nitrogen and oxygen atoms in total. The van der Waals surface area contributed by atoms with Crippen LogP contribution in [0.1, 0.15) is 6.42 Å². The van der Waals surface area contributed by atoms with Crippen LogP contribution in [0.5, 0.6) is 11.5 Å². The number of nitrogens with one attached hydrogen (secondary N) is 1. The molecular formula is C20H23N5O3.